The van der Waals surface area contributed by atoms with E-state index in [9.17, 15) is 9.00 Å². The molecule has 2 atom stereocenters. The lowest BCUT2D eigenvalue weighted by Gasteiger charge is -2.10. The van der Waals surface area contributed by atoms with E-state index in [4.69, 9.17) is 9.47 Å². The molecule has 0 saturated heterocycles. The number of methoxy groups -OCH3 is 2. The van der Waals surface area contributed by atoms with Gasteiger partial charge in [-0.15, -0.1) is 0 Å². The Bertz CT molecular complexity index is 232. The highest BCUT2D eigenvalue weighted by molar-refractivity contribution is 7.85. The molecule has 102 valence electrons. The molecule has 0 bridgehead atoms. The second kappa shape index (κ2) is 10.7. The van der Waals surface area contributed by atoms with Gasteiger partial charge in [0.15, 0.2) is 0 Å². The first kappa shape index (κ1) is 16.5. The Balaban J connectivity index is 3.54. The van der Waals surface area contributed by atoms with Crippen molar-refractivity contribution in [3.63, 3.8) is 0 Å². The summed E-state index contributed by atoms with van der Waals surface area (Å²) in [6.07, 6.45) is 1.02. The molecule has 2 unspecified atom stereocenters. The smallest absolute Gasteiger partial charge is 0.306 e. The standard InChI is InChI=1S/C11H22O5S/c1-10(9-11(12)15-3)17(13)8-7-16-6-4-5-14-2/h10H,4-9H2,1-3H3. The summed E-state index contributed by atoms with van der Waals surface area (Å²) in [5.74, 6) is 0.123. The van der Waals surface area contributed by atoms with Crippen molar-refractivity contribution in [2.24, 2.45) is 0 Å². The normalized spacial score (nSPS) is 14.3. The van der Waals surface area contributed by atoms with Crippen LogP contribution in [0.3, 0.4) is 0 Å². The lowest BCUT2D eigenvalue weighted by Crippen LogP contribution is -2.21. The number of ether oxygens (including phenoxy) is 3. The van der Waals surface area contributed by atoms with Gasteiger partial charge in [-0.2, -0.15) is 0 Å². The molecule has 0 radical (unpaired) electrons. The number of carbonyl (C=O) groups is 1. The van der Waals surface area contributed by atoms with Gasteiger partial charge in [0.2, 0.25) is 0 Å². The van der Waals surface area contributed by atoms with E-state index in [2.05, 4.69) is 4.74 Å². The van der Waals surface area contributed by atoms with Crippen molar-refractivity contribution in [1.29, 1.82) is 0 Å². The first-order valence-electron chi connectivity index (χ1n) is 5.62. The van der Waals surface area contributed by atoms with Crippen molar-refractivity contribution in [3.05, 3.63) is 0 Å². The quantitative estimate of drug-likeness (QED) is 0.431. The Labute approximate surface area is 105 Å². The van der Waals surface area contributed by atoms with Crippen molar-refractivity contribution in [3.8, 4) is 0 Å². The Morgan fingerprint density at radius 2 is 1.94 bits per heavy atom. The van der Waals surface area contributed by atoms with Crippen LogP contribution in [0.1, 0.15) is 19.8 Å². The topological polar surface area (TPSA) is 61.8 Å². The summed E-state index contributed by atoms with van der Waals surface area (Å²) in [6, 6.07) is 0. The van der Waals surface area contributed by atoms with Gasteiger partial charge < -0.3 is 14.2 Å². The van der Waals surface area contributed by atoms with Gasteiger partial charge >= 0.3 is 5.97 Å². The number of hydrogen-bond acceptors (Lipinski definition) is 5. The summed E-state index contributed by atoms with van der Waals surface area (Å²) in [5, 5.41) is -0.190. The molecule has 0 saturated carbocycles. The maximum atomic E-state index is 11.7. The molecule has 0 aromatic heterocycles. The van der Waals surface area contributed by atoms with Crippen LogP contribution in [-0.2, 0) is 29.8 Å². The fourth-order valence-corrected chi connectivity index (χ4v) is 2.17. The van der Waals surface area contributed by atoms with Gasteiger partial charge in [-0.1, -0.05) is 6.92 Å². The molecule has 17 heavy (non-hydrogen) atoms. The van der Waals surface area contributed by atoms with Crippen LogP contribution in [0.2, 0.25) is 0 Å². The van der Waals surface area contributed by atoms with Crippen LogP contribution in [0.15, 0.2) is 0 Å². The van der Waals surface area contributed by atoms with Crippen LogP contribution < -0.4 is 0 Å². The SMILES string of the molecule is COCCCOCCS(=O)C(C)CC(=O)OC. The average molecular weight is 266 g/mol. The Kier molecular flexibility index (Phi) is 10.4. The molecule has 0 rings (SSSR count). The Morgan fingerprint density at radius 1 is 1.24 bits per heavy atom. The van der Waals surface area contributed by atoms with Gasteiger partial charge in [-0.25, -0.2) is 0 Å². The monoisotopic (exact) mass is 266 g/mol. The highest BCUT2D eigenvalue weighted by Crippen LogP contribution is 2.03. The molecule has 0 fully saturated rings. The third kappa shape index (κ3) is 9.26. The van der Waals surface area contributed by atoms with E-state index in [1.54, 1.807) is 14.0 Å². The van der Waals surface area contributed by atoms with Crippen LogP contribution in [0.5, 0.6) is 0 Å². The fourth-order valence-electron chi connectivity index (χ4n) is 1.16. The molecule has 0 aliphatic rings. The number of hydrogen-bond donors (Lipinski definition) is 0. The molecule has 5 nitrogen and oxygen atoms in total. The molecular weight excluding hydrogens is 244 g/mol. The summed E-state index contributed by atoms with van der Waals surface area (Å²) in [6.45, 7) is 3.50. The van der Waals surface area contributed by atoms with Gasteiger partial charge in [-0.05, 0) is 6.42 Å². The zero-order valence-corrected chi connectivity index (χ0v) is 11.6. The van der Waals surface area contributed by atoms with Crippen LogP contribution in [0.4, 0.5) is 0 Å². The lowest BCUT2D eigenvalue weighted by atomic mass is 10.3. The number of rotatable bonds is 10. The fraction of sp³-hybridized carbons (Fsp3) is 0.909. The van der Waals surface area contributed by atoms with Gasteiger partial charge in [0, 0.05) is 42.1 Å². The maximum absolute atomic E-state index is 11.7. The molecule has 0 N–H and O–H groups in total. The number of esters is 1. The molecule has 6 heteroatoms. The van der Waals surface area contributed by atoms with E-state index in [-0.39, 0.29) is 17.6 Å². The van der Waals surface area contributed by atoms with Crippen LogP contribution in [0.25, 0.3) is 0 Å². The average Bonchev–Trinajstić information content (AvgIpc) is 2.32. The summed E-state index contributed by atoms with van der Waals surface area (Å²) in [5.41, 5.74) is 0. The predicted molar refractivity (Wildman–Crippen MR) is 66.4 cm³/mol. The third-order valence-corrected chi connectivity index (χ3v) is 3.83. The minimum atomic E-state index is -1.05. The summed E-state index contributed by atoms with van der Waals surface area (Å²) < 4.78 is 26.4. The molecule has 0 amide bonds. The van der Waals surface area contributed by atoms with Crippen LogP contribution in [-0.4, -0.2) is 55.2 Å². The highest BCUT2D eigenvalue weighted by atomic mass is 32.2. The Hall–Kier alpha value is -0.460. The summed E-state index contributed by atoms with van der Waals surface area (Å²) >= 11 is 0. The summed E-state index contributed by atoms with van der Waals surface area (Å²) in [7, 11) is 1.92. The summed E-state index contributed by atoms with van der Waals surface area (Å²) in [4.78, 5) is 11.0. The largest absolute Gasteiger partial charge is 0.469 e. The molecular formula is C11H22O5S. The molecule has 0 aromatic carbocycles. The van der Waals surface area contributed by atoms with Crippen molar-refractivity contribution >= 4 is 16.8 Å². The van der Waals surface area contributed by atoms with E-state index >= 15 is 0 Å². The minimum Gasteiger partial charge on any atom is -0.469 e. The van der Waals surface area contributed by atoms with Crippen LogP contribution >= 0.6 is 0 Å². The van der Waals surface area contributed by atoms with Crippen molar-refractivity contribution in [2.45, 2.75) is 25.0 Å². The van der Waals surface area contributed by atoms with Gasteiger partial charge in [-0.3, -0.25) is 9.00 Å². The zero-order chi connectivity index (χ0) is 13.1. The van der Waals surface area contributed by atoms with Crippen molar-refractivity contribution < 1.29 is 23.2 Å². The van der Waals surface area contributed by atoms with E-state index in [1.807, 2.05) is 0 Å². The van der Waals surface area contributed by atoms with Gasteiger partial charge in [0.25, 0.3) is 0 Å². The van der Waals surface area contributed by atoms with Crippen molar-refractivity contribution in [2.75, 3.05) is 39.8 Å². The zero-order valence-electron chi connectivity index (χ0n) is 10.8. The highest BCUT2D eigenvalue weighted by Gasteiger charge is 2.15. The van der Waals surface area contributed by atoms with Gasteiger partial charge in [0.05, 0.1) is 20.1 Å². The minimum absolute atomic E-state index is 0.187. The first-order valence-corrected chi connectivity index (χ1v) is 7.00. The van der Waals surface area contributed by atoms with Gasteiger partial charge in [0.1, 0.15) is 0 Å². The van der Waals surface area contributed by atoms with Crippen LogP contribution in [0, 0.1) is 0 Å². The molecule has 0 aliphatic carbocycles. The van der Waals surface area contributed by atoms with E-state index in [1.165, 1.54) is 7.11 Å². The molecule has 0 aromatic rings. The molecule has 0 spiro atoms. The Morgan fingerprint density at radius 3 is 2.53 bits per heavy atom. The number of carbonyl (C=O) groups excluding carboxylic acids is 1. The first-order chi connectivity index (χ1) is 8.11. The second-order valence-corrected chi connectivity index (χ2v) is 5.61. The second-order valence-electron chi connectivity index (χ2n) is 3.63. The molecule has 0 aliphatic heterocycles. The van der Waals surface area contributed by atoms with Crippen molar-refractivity contribution in [1.82, 2.24) is 0 Å². The third-order valence-electron chi connectivity index (χ3n) is 2.20. The maximum Gasteiger partial charge on any atom is 0.306 e. The predicted octanol–water partition coefficient (Wildman–Crippen LogP) is 0.740. The van der Waals surface area contributed by atoms with E-state index in [0.29, 0.717) is 25.6 Å². The molecule has 0 heterocycles. The van der Waals surface area contributed by atoms with E-state index < -0.39 is 10.8 Å². The lowest BCUT2D eigenvalue weighted by molar-refractivity contribution is -0.140. The van der Waals surface area contributed by atoms with E-state index in [0.717, 1.165) is 6.42 Å².